The van der Waals surface area contributed by atoms with Crippen molar-refractivity contribution >= 4 is 0 Å². The van der Waals surface area contributed by atoms with E-state index in [9.17, 15) is 0 Å². The van der Waals surface area contributed by atoms with Gasteiger partial charge in [0.1, 0.15) is 5.75 Å². The van der Waals surface area contributed by atoms with Crippen LogP contribution in [-0.4, -0.2) is 7.11 Å². The molecule has 0 aromatic heterocycles. The number of benzene rings is 1. The van der Waals surface area contributed by atoms with Crippen LogP contribution in [0.5, 0.6) is 5.75 Å². The molecule has 0 spiro atoms. The average molecular weight is 193 g/mol. The van der Waals surface area contributed by atoms with E-state index in [4.69, 9.17) is 10.5 Å². The van der Waals surface area contributed by atoms with Crippen molar-refractivity contribution in [3.63, 3.8) is 0 Å². The Morgan fingerprint density at radius 3 is 2.00 bits per heavy atom. The van der Waals surface area contributed by atoms with Gasteiger partial charge in [0, 0.05) is 6.04 Å². The summed E-state index contributed by atoms with van der Waals surface area (Å²) in [7, 11) is 1.67. The Labute approximate surface area is 86.1 Å². The second kappa shape index (κ2) is 4.01. The lowest BCUT2D eigenvalue weighted by molar-refractivity contribution is 0.326. The summed E-state index contributed by atoms with van der Waals surface area (Å²) in [5.74, 6) is 0.870. The van der Waals surface area contributed by atoms with Crippen LogP contribution in [0.1, 0.15) is 32.4 Å². The van der Waals surface area contributed by atoms with E-state index in [1.165, 1.54) is 0 Å². The predicted molar refractivity (Wildman–Crippen MR) is 59.4 cm³/mol. The molecule has 0 aliphatic rings. The van der Waals surface area contributed by atoms with Crippen LogP contribution in [0, 0.1) is 5.41 Å². The van der Waals surface area contributed by atoms with Crippen LogP contribution in [0.4, 0.5) is 0 Å². The zero-order chi connectivity index (χ0) is 10.8. The van der Waals surface area contributed by atoms with Gasteiger partial charge in [-0.2, -0.15) is 0 Å². The topological polar surface area (TPSA) is 35.2 Å². The van der Waals surface area contributed by atoms with Gasteiger partial charge in [-0.25, -0.2) is 0 Å². The number of hydrogen-bond acceptors (Lipinski definition) is 2. The lowest BCUT2D eigenvalue weighted by Gasteiger charge is -2.27. The summed E-state index contributed by atoms with van der Waals surface area (Å²) in [6.45, 7) is 6.42. The summed E-state index contributed by atoms with van der Waals surface area (Å²) in [5.41, 5.74) is 7.37. The van der Waals surface area contributed by atoms with E-state index < -0.39 is 0 Å². The molecule has 0 fully saturated rings. The molecule has 1 rings (SSSR count). The molecule has 0 heterocycles. The van der Waals surface area contributed by atoms with Gasteiger partial charge in [0.15, 0.2) is 0 Å². The fraction of sp³-hybridized carbons (Fsp3) is 0.500. The van der Waals surface area contributed by atoms with Crippen molar-refractivity contribution in [2.75, 3.05) is 7.11 Å². The van der Waals surface area contributed by atoms with Crippen LogP contribution in [-0.2, 0) is 0 Å². The average Bonchev–Trinajstić information content (AvgIpc) is 2.15. The minimum atomic E-state index is 0.0633. The highest BCUT2D eigenvalue weighted by Crippen LogP contribution is 2.30. The van der Waals surface area contributed by atoms with Crippen molar-refractivity contribution in [3.05, 3.63) is 29.8 Å². The van der Waals surface area contributed by atoms with E-state index in [0.717, 1.165) is 11.3 Å². The van der Waals surface area contributed by atoms with Gasteiger partial charge in [0.25, 0.3) is 0 Å². The molecule has 0 saturated carbocycles. The van der Waals surface area contributed by atoms with Crippen molar-refractivity contribution in [1.82, 2.24) is 0 Å². The molecule has 1 unspecified atom stereocenters. The second-order valence-corrected chi connectivity index (χ2v) is 4.62. The molecule has 1 aromatic carbocycles. The highest BCUT2D eigenvalue weighted by atomic mass is 16.5. The molecule has 1 atom stereocenters. The van der Waals surface area contributed by atoms with Crippen molar-refractivity contribution in [2.45, 2.75) is 26.8 Å². The zero-order valence-corrected chi connectivity index (χ0v) is 9.37. The molecule has 78 valence electrons. The van der Waals surface area contributed by atoms with Crippen LogP contribution in [0.25, 0.3) is 0 Å². The minimum Gasteiger partial charge on any atom is -0.497 e. The van der Waals surface area contributed by atoms with Gasteiger partial charge in [-0.15, -0.1) is 0 Å². The lowest BCUT2D eigenvalue weighted by Crippen LogP contribution is -2.26. The molecule has 2 N–H and O–H groups in total. The maximum atomic E-state index is 6.12. The Kier molecular flexibility index (Phi) is 3.17. The van der Waals surface area contributed by atoms with E-state index >= 15 is 0 Å². The van der Waals surface area contributed by atoms with Gasteiger partial charge in [0.05, 0.1) is 7.11 Å². The molecule has 2 nitrogen and oxygen atoms in total. The fourth-order valence-corrected chi connectivity index (χ4v) is 1.31. The van der Waals surface area contributed by atoms with E-state index in [0.29, 0.717) is 0 Å². The highest BCUT2D eigenvalue weighted by Gasteiger charge is 2.21. The molecule has 0 bridgehead atoms. The van der Waals surface area contributed by atoms with E-state index in [1.54, 1.807) is 7.11 Å². The summed E-state index contributed by atoms with van der Waals surface area (Å²) >= 11 is 0. The zero-order valence-electron chi connectivity index (χ0n) is 9.37. The predicted octanol–water partition coefficient (Wildman–Crippen LogP) is 2.74. The summed E-state index contributed by atoms with van der Waals surface area (Å²) < 4.78 is 5.09. The third-order valence-electron chi connectivity index (χ3n) is 2.41. The summed E-state index contributed by atoms with van der Waals surface area (Å²) in [4.78, 5) is 0. The minimum absolute atomic E-state index is 0.0633. The Morgan fingerprint density at radius 2 is 1.64 bits per heavy atom. The lowest BCUT2D eigenvalue weighted by atomic mass is 9.83. The smallest absolute Gasteiger partial charge is 0.118 e. The van der Waals surface area contributed by atoms with Crippen molar-refractivity contribution < 1.29 is 4.74 Å². The Hall–Kier alpha value is -1.02. The number of hydrogen-bond donors (Lipinski definition) is 1. The quantitative estimate of drug-likeness (QED) is 0.783. The third-order valence-corrected chi connectivity index (χ3v) is 2.41. The largest absolute Gasteiger partial charge is 0.497 e. The third kappa shape index (κ3) is 2.48. The van der Waals surface area contributed by atoms with E-state index in [-0.39, 0.29) is 11.5 Å². The first kappa shape index (κ1) is 11.1. The van der Waals surface area contributed by atoms with E-state index in [1.807, 2.05) is 24.3 Å². The molecular weight excluding hydrogens is 174 g/mol. The number of nitrogens with two attached hydrogens (primary N) is 1. The highest BCUT2D eigenvalue weighted by molar-refractivity contribution is 5.29. The maximum Gasteiger partial charge on any atom is 0.118 e. The van der Waals surface area contributed by atoms with Crippen LogP contribution in [0.15, 0.2) is 24.3 Å². The standard InChI is InChI=1S/C12H19NO/c1-12(2,3)11(13)9-5-7-10(14-4)8-6-9/h5-8,11H,13H2,1-4H3. The van der Waals surface area contributed by atoms with E-state index in [2.05, 4.69) is 20.8 Å². The van der Waals surface area contributed by atoms with Gasteiger partial charge < -0.3 is 10.5 Å². The van der Waals surface area contributed by atoms with Gasteiger partial charge in [-0.1, -0.05) is 32.9 Å². The molecule has 2 heteroatoms. The second-order valence-electron chi connectivity index (χ2n) is 4.62. The summed E-state index contributed by atoms with van der Waals surface area (Å²) in [6, 6.07) is 8.00. The van der Waals surface area contributed by atoms with Crippen molar-refractivity contribution in [3.8, 4) is 5.75 Å². The molecule has 0 aliphatic carbocycles. The normalized spacial score (nSPS) is 13.8. The SMILES string of the molecule is COc1ccc(C(N)C(C)(C)C)cc1. The maximum absolute atomic E-state index is 6.12. The number of methoxy groups -OCH3 is 1. The first-order chi connectivity index (χ1) is 6.45. The molecule has 0 aliphatic heterocycles. The molecule has 0 amide bonds. The van der Waals surface area contributed by atoms with Crippen LogP contribution < -0.4 is 10.5 Å². The first-order valence-electron chi connectivity index (χ1n) is 4.84. The summed E-state index contributed by atoms with van der Waals surface area (Å²) in [6.07, 6.45) is 0. The monoisotopic (exact) mass is 193 g/mol. The molecule has 0 saturated heterocycles. The fourth-order valence-electron chi connectivity index (χ4n) is 1.31. The van der Waals surface area contributed by atoms with Gasteiger partial charge in [0.2, 0.25) is 0 Å². The van der Waals surface area contributed by atoms with Gasteiger partial charge in [-0.3, -0.25) is 0 Å². The Morgan fingerprint density at radius 1 is 1.14 bits per heavy atom. The molecule has 1 aromatic rings. The van der Waals surface area contributed by atoms with Crippen molar-refractivity contribution in [2.24, 2.45) is 11.1 Å². The molecular formula is C12H19NO. The van der Waals surface area contributed by atoms with Crippen LogP contribution in [0.3, 0.4) is 0 Å². The van der Waals surface area contributed by atoms with Gasteiger partial charge >= 0.3 is 0 Å². The Bertz CT molecular complexity index is 284. The Balaban J connectivity index is 2.87. The molecule has 14 heavy (non-hydrogen) atoms. The van der Waals surface area contributed by atoms with Crippen molar-refractivity contribution in [1.29, 1.82) is 0 Å². The first-order valence-corrected chi connectivity index (χ1v) is 4.84. The van der Waals surface area contributed by atoms with Crippen LogP contribution in [0.2, 0.25) is 0 Å². The number of ether oxygens (including phenoxy) is 1. The number of rotatable bonds is 2. The van der Waals surface area contributed by atoms with Crippen LogP contribution >= 0.6 is 0 Å². The molecule has 0 radical (unpaired) electrons. The summed E-state index contributed by atoms with van der Waals surface area (Å²) in [5, 5.41) is 0. The van der Waals surface area contributed by atoms with Gasteiger partial charge in [-0.05, 0) is 23.1 Å².